The lowest BCUT2D eigenvalue weighted by Crippen LogP contribution is -2.36. The van der Waals surface area contributed by atoms with E-state index in [-0.39, 0.29) is 18.3 Å². The molecule has 0 radical (unpaired) electrons. The molecule has 1 saturated heterocycles. The highest BCUT2D eigenvalue weighted by Crippen LogP contribution is 2.21. The molecular formula is C21H20FN3O3. The van der Waals surface area contributed by atoms with Crippen molar-refractivity contribution in [3.8, 4) is 0 Å². The van der Waals surface area contributed by atoms with Crippen molar-refractivity contribution in [1.82, 2.24) is 10.3 Å². The number of nitrogens with zero attached hydrogens (tertiary/aromatic N) is 2. The Bertz CT molecular complexity index is 976. The molecule has 2 aromatic carbocycles. The summed E-state index contributed by atoms with van der Waals surface area (Å²) in [6.07, 6.45) is 2.86. The number of carbonyl (C=O) groups excluding carboxylic acids is 1. The summed E-state index contributed by atoms with van der Waals surface area (Å²) >= 11 is 0. The second-order valence-electron chi connectivity index (χ2n) is 6.46. The minimum atomic E-state index is -0.306. The SMILES string of the molecule is O=C(/C=C/c1nc2ccccc2o1)NCc1ccc(N2CCOCC2)c(F)c1. The maximum absolute atomic E-state index is 14.4. The number of nitrogens with one attached hydrogen (secondary N) is 1. The van der Waals surface area contributed by atoms with E-state index in [0.717, 1.165) is 5.52 Å². The van der Waals surface area contributed by atoms with E-state index in [9.17, 15) is 9.18 Å². The Morgan fingerprint density at radius 3 is 2.82 bits per heavy atom. The van der Waals surface area contributed by atoms with Crippen molar-refractivity contribution in [3.05, 3.63) is 65.8 Å². The maximum atomic E-state index is 14.4. The van der Waals surface area contributed by atoms with Gasteiger partial charge < -0.3 is 19.4 Å². The van der Waals surface area contributed by atoms with Crippen LogP contribution in [-0.4, -0.2) is 37.2 Å². The highest BCUT2D eigenvalue weighted by Gasteiger charge is 2.15. The Morgan fingerprint density at radius 2 is 2.04 bits per heavy atom. The van der Waals surface area contributed by atoms with E-state index in [0.29, 0.717) is 49.0 Å². The Labute approximate surface area is 161 Å². The van der Waals surface area contributed by atoms with Crippen LogP contribution in [0.1, 0.15) is 11.5 Å². The average Bonchev–Trinajstić information content (AvgIpc) is 3.14. The number of aromatic nitrogens is 1. The summed E-state index contributed by atoms with van der Waals surface area (Å²) in [5, 5.41) is 2.73. The molecule has 0 spiro atoms. The van der Waals surface area contributed by atoms with Crippen molar-refractivity contribution in [3.63, 3.8) is 0 Å². The zero-order valence-corrected chi connectivity index (χ0v) is 15.2. The molecule has 144 valence electrons. The van der Waals surface area contributed by atoms with Gasteiger partial charge in [0.15, 0.2) is 5.58 Å². The first kappa shape index (κ1) is 18.2. The summed E-state index contributed by atoms with van der Waals surface area (Å²) in [5.74, 6) is -0.243. The molecule has 3 aromatic rings. The van der Waals surface area contributed by atoms with Crippen molar-refractivity contribution in [1.29, 1.82) is 0 Å². The number of morpholine rings is 1. The van der Waals surface area contributed by atoms with Crippen molar-refractivity contribution in [2.24, 2.45) is 0 Å². The van der Waals surface area contributed by atoms with Gasteiger partial charge in [-0.1, -0.05) is 18.2 Å². The normalized spacial score (nSPS) is 14.7. The van der Waals surface area contributed by atoms with E-state index >= 15 is 0 Å². The molecule has 1 fully saturated rings. The zero-order valence-electron chi connectivity index (χ0n) is 15.2. The van der Waals surface area contributed by atoms with Crippen molar-refractivity contribution in [2.75, 3.05) is 31.2 Å². The molecule has 1 aliphatic heterocycles. The number of hydrogen-bond donors (Lipinski definition) is 1. The van der Waals surface area contributed by atoms with E-state index in [1.165, 1.54) is 18.2 Å². The monoisotopic (exact) mass is 381 g/mol. The summed E-state index contributed by atoms with van der Waals surface area (Å²) in [4.78, 5) is 18.3. The second-order valence-corrected chi connectivity index (χ2v) is 6.46. The highest BCUT2D eigenvalue weighted by atomic mass is 19.1. The van der Waals surface area contributed by atoms with Crippen molar-refractivity contribution >= 4 is 28.8 Å². The van der Waals surface area contributed by atoms with Crippen LogP contribution in [0.25, 0.3) is 17.2 Å². The first-order valence-electron chi connectivity index (χ1n) is 9.12. The second kappa shape index (κ2) is 8.22. The van der Waals surface area contributed by atoms with Crippen molar-refractivity contribution in [2.45, 2.75) is 6.54 Å². The lowest BCUT2D eigenvalue weighted by molar-refractivity contribution is -0.116. The fraction of sp³-hybridized carbons (Fsp3) is 0.238. The minimum absolute atomic E-state index is 0.233. The largest absolute Gasteiger partial charge is 0.437 e. The number of ether oxygens (including phenoxy) is 1. The molecule has 0 bridgehead atoms. The Morgan fingerprint density at radius 1 is 1.21 bits per heavy atom. The number of halogens is 1. The number of para-hydroxylation sites is 2. The smallest absolute Gasteiger partial charge is 0.244 e. The standard InChI is InChI=1S/C21H20FN3O3/c22-16-13-15(5-6-18(16)25-9-11-27-12-10-25)14-23-20(26)7-8-21-24-17-3-1-2-4-19(17)28-21/h1-8,13H,9-12,14H2,(H,23,26)/b8-7+. The van der Waals surface area contributed by atoms with E-state index in [1.54, 1.807) is 6.07 Å². The van der Waals surface area contributed by atoms with Crippen LogP contribution in [0.15, 0.2) is 53.0 Å². The van der Waals surface area contributed by atoms with Gasteiger partial charge in [0.25, 0.3) is 0 Å². The number of amides is 1. The van der Waals surface area contributed by atoms with Crippen LogP contribution in [0, 0.1) is 5.82 Å². The van der Waals surface area contributed by atoms with E-state index in [4.69, 9.17) is 9.15 Å². The topological polar surface area (TPSA) is 67.6 Å². The molecule has 1 amide bonds. The summed E-state index contributed by atoms with van der Waals surface area (Å²) < 4.78 is 25.2. The first-order valence-corrected chi connectivity index (χ1v) is 9.12. The van der Waals surface area contributed by atoms with Gasteiger partial charge >= 0.3 is 0 Å². The molecule has 1 aliphatic rings. The van der Waals surface area contributed by atoms with Gasteiger partial charge in [0.1, 0.15) is 11.3 Å². The number of carbonyl (C=O) groups is 1. The molecule has 1 N–H and O–H groups in total. The van der Waals surface area contributed by atoms with Crippen LogP contribution in [0.4, 0.5) is 10.1 Å². The lowest BCUT2D eigenvalue weighted by atomic mass is 10.1. The third-order valence-corrected chi connectivity index (χ3v) is 4.52. The van der Waals surface area contributed by atoms with Crippen LogP contribution >= 0.6 is 0 Å². The van der Waals surface area contributed by atoms with Crippen LogP contribution < -0.4 is 10.2 Å². The lowest BCUT2D eigenvalue weighted by Gasteiger charge is -2.29. The molecule has 0 aliphatic carbocycles. The molecule has 0 unspecified atom stereocenters. The Kier molecular flexibility index (Phi) is 5.34. The van der Waals surface area contributed by atoms with Gasteiger partial charge in [-0.3, -0.25) is 4.79 Å². The molecule has 1 aromatic heterocycles. The van der Waals surface area contributed by atoms with Crippen LogP contribution in [-0.2, 0) is 16.1 Å². The zero-order chi connectivity index (χ0) is 19.3. The molecular weight excluding hydrogens is 361 g/mol. The maximum Gasteiger partial charge on any atom is 0.244 e. The third-order valence-electron chi connectivity index (χ3n) is 4.52. The van der Waals surface area contributed by atoms with Gasteiger partial charge in [-0.25, -0.2) is 9.37 Å². The fourth-order valence-electron chi connectivity index (χ4n) is 3.08. The molecule has 4 rings (SSSR count). The minimum Gasteiger partial charge on any atom is -0.437 e. The van der Waals surface area contributed by atoms with Crippen LogP contribution in [0.3, 0.4) is 0 Å². The number of hydrogen-bond acceptors (Lipinski definition) is 5. The molecule has 28 heavy (non-hydrogen) atoms. The Hall–Kier alpha value is -3.19. The summed E-state index contributed by atoms with van der Waals surface area (Å²) in [6, 6.07) is 12.4. The number of fused-ring (bicyclic) bond motifs is 1. The first-order chi connectivity index (χ1) is 13.7. The molecule has 0 atom stereocenters. The van der Waals surface area contributed by atoms with E-state index in [1.807, 2.05) is 35.2 Å². The average molecular weight is 381 g/mol. The number of oxazole rings is 1. The quantitative estimate of drug-likeness (QED) is 0.688. The molecule has 7 heteroatoms. The van der Waals surface area contributed by atoms with Crippen LogP contribution in [0.5, 0.6) is 0 Å². The highest BCUT2D eigenvalue weighted by molar-refractivity contribution is 5.91. The molecule has 2 heterocycles. The fourth-order valence-corrected chi connectivity index (χ4v) is 3.08. The summed E-state index contributed by atoms with van der Waals surface area (Å²) in [6.45, 7) is 2.78. The molecule has 0 saturated carbocycles. The number of rotatable bonds is 5. The van der Waals surface area contributed by atoms with Gasteiger partial charge in [-0.2, -0.15) is 0 Å². The number of benzene rings is 2. The third kappa shape index (κ3) is 4.20. The molecule has 6 nitrogen and oxygen atoms in total. The van der Waals surface area contributed by atoms with Gasteiger partial charge in [-0.15, -0.1) is 0 Å². The van der Waals surface area contributed by atoms with Crippen LogP contribution in [0.2, 0.25) is 0 Å². The van der Waals surface area contributed by atoms with Gasteiger partial charge in [0.05, 0.1) is 18.9 Å². The van der Waals surface area contributed by atoms with Gasteiger partial charge in [0.2, 0.25) is 11.8 Å². The van der Waals surface area contributed by atoms with E-state index < -0.39 is 0 Å². The summed E-state index contributed by atoms with van der Waals surface area (Å²) in [5.41, 5.74) is 2.66. The van der Waals surface area contributed by atoms with E-state index in [2.05, 4.69) is 10.3 Å². The Balaban J connectivity index is 1.34. The van der Waals surface area contributed by atoms with Gasteiger partial charge in [-0.05, 0) is 29.8 Å². The van der Waals surface area contributed by atoms with Crippen molar-refractivity contribution < 1.29 is 18.3 Å². The predicted octanol–water partition coefficient (Wildman–Crippen LogP) is 3.13. The number of anilines is 1. The van der Waals surface area contributed by atoms with Gasteiger partial charge in [0, 0.05) is 31.8 Å². The predicted molar refractivity (Wildman–Crippen MR) is 104 cm³/mol. The summed E-state index contributed by atoms with van der Waals surface area (Å²) in [7, 11) is 0.